The van der Waals surface area contributed by atoms with Gasteiger partial charge in [-0.3, -0.25) is 9.59 Å². The second-order valence-corrected chi connectivity index (χ2v) is 9.46. The summed E-state index contributed by atoms with van der Waals surface area (Å²) in [7, 11) is 0. The van der Waals surface area contributed by atoms with E-state index in [-0.39, 0.29) is 41.2 Å². The summed E-state index contributed by atoms with van der Waals surface area (Å²) in [6.07, 6.45) is -5.52. The smallest absolute Gasteiger partial charge is 0.382 e. The van der Waals surface area contributed by atoms with Gasteiger partial charge in [0.15, 0.2) is 5.82 Å². The molecule has 40 heavy (non-hydrogen) atoms. The van der Waals surface area contributed by atoms with Gasteiger partial charge in [-0.25, -0.2) is 23.3 Å². The number of likely N-dealkylation sites (tertiary alicyclic amines) is 1. The van der Waals surface area contributed by atoms with Crippen molar-refractivity contribution in [3.05, 3.63) is 76.6 Å². The number of halogens is 5. The SMILES string of the molecule is Cc1cccc(C(=O)N2C[C@H](F)[C@H](NC(=O)c3cc(-c4cc(C(F)(F)F)c5c(N)ncnn45)c(F)cc3C)C2)n1. The summed E-state index contributed by atoms with van der Waals surface area (Å²) in [4.78, 5) is 35.0. The standard InChI is InChI=1S/C26H22F5N7O2/c1-12-6-17(27)15(21-8-16(26(29,30)31)22-23(32)33-11-34-38(21)22)7-14(12)24(39)36-20-10-37(9-18(20)28)25(40)19-5-3-4-13(2)35-19/h3-8,11,18,20H,9-10H2,1-2H3,(H,36,39)(H2,32,33,34)/t18-,20+/m0/s1. The molecule has 1 fully saturated rings. The molecule has 2 atom stereocenters. The average molecular weight is 559 g/mol. The number of amides is 2. The summed E-state index contributed by atoms with van der Waals surface area (Å²) in [6.45, 7) is 2.73. The van der Waals surface area contributed by atoms with Crippen LogP contribution in [0, 0.1) is 19.7 Å². The summed E-state index contributed by atoms with van der Waals surface area (Å²) >= 11 is 0. The van der Waals surface area contributed by atoms with Gasteiger partial charge in [-0.2, -0.15) is 18.3 Å². The highest BCUT2D eigenvalue weighted by Crippen LogP contribution is 2.39. The quantitative estimate of drug-likeness (QED) is 0.368. The molecule has 0 spiro atoms. The van der Waals surface area contributed by atoms with E-state index < -0.39 is 52.9 Å². The summed E-state index contributed by atoms with van der Waals surface area (Å²) < 4.78 is 72.0. The lowest BCUT2D eigenvalue weighted by atomic mass is 10.0. The van der Waals surface area contributed by atoms with E-state index in [2.05, 4.69) is 20.4 Å². The van der Waals surface area contributed by atoms with Crippen LogP contribution in [0.2, 0.25) is 0 Å². The number of carbonyl (C=O) groups excluding carboxylic acids is 2. The number of carbonyl (C=O) groups is 2. The van der Waals surface area contributed by atoms with Crippen molar-refractivity contribution in [1.29, 1.82) is 0 Å². The molecule has 3 aromatic heterocycles. The number of aryl methyl sites for hydroxylation is 2. The molecule has 0 radical (unpaired) electrons. The van der Waals surface area contributed by atoms with Gasteiger partial charge in [0.1, 0.15) is 29.5 Å². The lowest BCUT2D eigenvalue weighted by molar-refractivity contribution is -0.136. The second kappa shape index (κ2) is 9.84. The fourth-order valence-corrected chi connectivity index (χ4v) is 4.73. The first kappa shape index (κ1) is 27.0. The Bertz CT molecular complexity index is 1650. The fraction of sp³-hybridized carbons (Fsp3) is 0.269. The van der Waals surface area contributed by atoms with Gasteiger partial charge in [-0.1, -0.05) is 6.07 Å². The van der Waals surface area contributed by atoms with Crippen LogP contribution in [-0.2, 0) is 6.18 Å². The van der Waals surface area contributed by atoms with E-state index in [0.29, 0.717) is 11.8 Å². The van der Waals surface area contributed by atoms with Crippen molar-refractivity contribution in [2.75, 3.05) is 18.8 Å². The predicted molar refractivity (Wildman–Crippen MR) is 134 cm³/mol. The Kier molecular flexibility index (Phi) is 6.64. The summed E-state index contributed by atoms with van der Waals surface area (Å²) in [5, 5.41) is 6.33. The van der Waals surface area contributed by atoms with Crippen LogP contribution < -0.4 is 11.1 Å². The molecule has 1 saturated heterocycles. The number of benzene rings is 1. The molecule has 9 nitrogen and oxygen atoms in total. The molecule has 1 aliphatic rings. The van der Waals surface area contributed by atoms with Crippen LogP contribution in [0.25, 0.3) is 16.8 Å². The Morgan fingerprint density at radius 2 is 1.88 bits per heavy atom. The van der Waals surface area contributed by atoms with E-state index in [1.165, 1.54) is 17.9 Å². The van der Waals surface area contributed by atoms with E-state index in [4.69, 9.17) is 5.73 Å². The first-order chi connectivity index (χ1) is 18.8. The summed E-state index contributed by atoms with van der Waals surface area (Å²) in [5.41, 5.74) is 4.08. The van der Waals surface area contributed by atoms with Crippen molar-refractivity contribution >= 4 is 23.1 Å². The van der Waals surface area contributed by atoms with Crippen LogP contribution in [0.15, 0.2) is 42.7 Å². The van der Waals surface area contributed by atoms with Crippen LogP contribution in [-0.4, -0.2) is 61.6 Å². The third-order valence-corrected chi connectivity index (χ3v) is 6.68. The molecule has 208 valence electrons. The minimum absolute atomic E-state index is 0.0979. The van der Waals surface area contributed by atoms with Crippen molar-refractivity contribution in [3.8, 4) is 11.3 Å². The molecule has 0 saturated carbocycles. The maximum absolute atomic E-state index is 15.1. The number of fused-ring (bicyclic) bond motifs is 1. The number of hydrogen-bond donors (Lipinski definition) is 2. The van der Waals surface area contributed by atoms with E-state index in [0.717, 1.165) is 23.0 Å². The predicted octanol–water partition coefficient (Wildman–Crippen LogP) is 3.74. The number of anilines is 1. The molecule has 1 aromatic carbocycles. The van der Waals surface area contributed by atoms with Crippen molar-refractivity contribution in [3.63, 3.8) is 0 Å². The number of pyridine rings is 1. The molecular formula is C26H22F5N7O2. The lowest BCUT2D eigenvalue weighted by Gasteiger charge is -2.17. The number of nitrogens with zero attached hydrogens (tertiary/aromatic N) is 5. The van der Waals surface area contributed by atoms with Gasteiger partial charge >= 0.3 is 6.18 Å². The van der Waals surface area contributed by atoms with Crippen LogP contribution >= 0.6 is 0 Å². The first-order valence-electron chi connectivity index (χ1n) is 12.0. The zero-order valence-corrected chi connectivity index (χ0v) is 21.1. The van der Waals surface area contributed by atoms with Crippen molar-refractivity contribution < 1.29 is 31.5 Å². The van der Waals surface area contributed by atoms with Crippen molar-refractivity contribution in [1.82, 2.24) is 29.8 Å². The van der Waals surface area contributed by atoms with Gasteiger partial charge in [0.25, 0.3) is 11.8 Å². The highest BCUT2D eigenvalue weighted by Gasteiger charge is 2.39. The molecule has 2 amide bonds. The summed E-state index contributed by atoms with van der Waals surface area (Å²) in [6, 6.07) is 6.53. The minimum Gasteiger partial charge on any atom is -0.382 e. The monoisotopic (exact) mass is 559 g/mol. The molecule has 0 unspecified atom stereocenters. The van der Waals surface area contributed by atoms with Gasteiger partial charge in [0, 0.05) is 23.4 Å². The van der Waals surface area contributed by atoms with Crippen LogP contribution in [0.4, 0.5) is 27.8 Å². The van der Waals surface area contributed by atoms with Gasteiger partial charge in [0.05, 0.1) is 23.8 Å². The first-order valence-corrected chi connectivity index (χ1v) is 12.0. The molecular weight excluding hydrogens is 537 g/mol. The van der Waals surface area contributed by atoms with Crippen molar-refractivity contribution in [2.45, 2.75) is 32.2 Å². The van der Waals surface area contributed by atoms with Gasteiger partial charge in [-0.05, 0) is 49.7 Å². The molecule has 5 rings (SSSR count). The second-order valence-electron chi connectivity index (χ2n) is 9.46. The zero-order chi connectivity index (χ0) is 28.9. The number of nitrogen functional groups attached to an aromatic ring is 1. The molecule has 4 aromatic rings. The molecule has 0 aliphatic carbocycles. The Hall–Kier alpha value is -4.62. The number of nitrogens with one attached hydrogen (secondary N) is 1. The highest BCUT2D eigenvalue weighted by atomic mass is 19.4. The Morgan fingerprint density at radius 1 is 1.12 bits per heavy atom. The lowest BCUT2D eigenvalue weighted by Crippen LogP contribution is -2.42. The fourth-order valence-electron chi connectivity index (χ4n) is 4.73. The third kappa shape index (κ3) is 4.80. The average Bonchev–Trinajstić information content (AvgIpc) is 3.45. The topological polar surface area (TPSA) is 119 Å². The Labute approximate surface area is 223 Å². The number of rotatable bonds is 4. The zero-order valence-electron chi connectivity index (χ0n) is 21.1. The van der Waals surface area contributed by atoms with Gasteiger partial charge in [0.2, 0.25) is 0 Å². The largest absolute Gasteiger partial charge is 0.418 e. The van der Waals surface area contributed by atoms with Crippen LogP contribution in [0.5, 0.6) is 0 Å². The Morgan fingerprint density at radius 3 is 2.58 bits per heavy atom. The number of aromatic nitrogens is 4. The molecule has 0 bridgehead atoms. The summed E-state index contributed by atoms with van der Waals surface area (Å²) in [5.74, 6) is -2.66. The number of nitrogens with two attached hydrogens (primary N) is 1. The maximum Gasteiger partial charge on any atom is 0.418 e. The van der Waals surface area contributed by atoms with Crippen LogP contribution in [0.3, 0.4) is 0 Å². The Balaban J connectivity index is 1.44. The third-order valence-electron chi connectivity index (χ3n) is 6.68. The molecule has 14 heteroatoms. The van der Waals surface area contributed by atoms with E-state index in [1.807, 2.05) is 0 Å². The van der Waals surface area contributed by atoms with E-state index in [1.54, 1.807) is 19.1 Å². The number of alkyl halides is 4. The maximum atomic E-state index is 15.1. The van der Waals surface area contributed by atoms with Crippen molar-refractivity contribution in [2.24, 2.45) is 0 Å². The normalized spacial score (nSPS) is 17.4. The number of hydrogen-bond acceptors (Lipinski definition) is 6. The highest BCUT2D eigenvalue weighted by molar-refractivity contribution is 5.98. The molecule has 3 N–H and O–H groups in total. The van der Waals surface area contributed by atoms with Crippen LogP contribution in [0.1, 0.15) is 37.7 Å². The molecule has 1 aliphatic heterocycles. The van der Waals surface area contributed by atoms with E-state index in [9.17, 15) is 27.2 Å². The van der Waals surface area contributed by atoms with E-state index >= 15 is 4.39 Å². The minimum atomic E-state index is -4.85. The molecule has 4 heterocycles. The van der Waals surface area contributed by atoms with Gasteiger partial charge < -0.3 is 16.0 Å². The van der Waals surface area contributed by atoms with Gasteiger partial charge in [-0.15, -0.1) is 0 Å².